The van der Waals surface area contributed by atoms with Crippen molar-refractivity contribution < 1.29 is 29.4 Å². The van der Waals surface area contributed by atoms with Crippen LogP contribution in [0, 0.1) is 5.92 Å². The molecular weight excluding hydrogens is 460 g/mol. The lowest BCUT2D eigenvalue weighted by Gasteiger charge is -2.27. The van der Waals surface area contributed by atoms with E-state index < -0.39 is 54.0 Å². The number of nitrogens with one attached hydrogen (secondary N) is 3. The highest BCUT2D eigenvalue weighted by Crippen LogP contribution is 2.08. The minimum absolute atomic E-state index is 0.0726. The van der Waals surface area contributed by atoms with Gasteiger partial charge in [0.25, 0.3) is 0 Å². The largest absolute Gasteiger partial charge is 0.480 e. The van der Waals surface area contributed by atoms with E-state index in [0.29, 0.717) is 25.8 Å². The standard InChI is InChI=1S/C21H42N8O6/c1-11(2)16(29-18(32)15(23)12(3)30)19(33)27-13(7-4-5-9-22)17(31)28-14(20(34)35)8-6-10-26-21(24)25/h11-16,30H,4-10,22-23H2,1-3H3,(H,27,33)(H,28,31)(H,29,32)(H,34,35)(H4,24,25,26). The predicted molar refractivity (Wildman–Crippen MR) is 131 cm³/mol. The van der Waals surface area contributed by atoms with Crippen molar-refractivity contribution in [2.24, 2.45) is 33.8 Å². The number of nitrogens with two attached hydrogens (primary N) is 4. The number of aliphatic hydroxyl groups excluding tert-OH is 1. The van der Waals surface area contributed by atoms with Crippen LogP contribution < -0.4 is 38.9 Å². The number of unbranched alkanes of at least 4 members (excludes halogenated alkanes) is 1. The molecule has 202 valence electrons. The smallest absolute Gasteiger partial charge is 0.326 e. The molecule has 0 saturated carbocycles. The molecule has 0 bridgehead atoms. The van der Waals surface area contributed by atoms with E-state index in [4.69, 9.17) is 22.9 Å². The van der Waals surface area contributed by atoms with Gasteiger partial charge in [-0.05, 0) is 51.5 Å². The zero-order valence-corrected chi connectivity index (χ0v) is 20.7. The van der Waals surface area contributed by atoms with Crippen LogP contribution in [0.15, 0.2) is 4.99 Å². The Kier molecular flexibility index (Phi) is 15.2. The van der Waals surface area contributed by atoms with Crippen LogP contribution in [0.1, 0.15) is 52.9 Å². The number of aliphatic hydroxyl groups is 1. The summed E-state index contributed by atoms with van der Waals surface area (Å²) in [5, 5.41) is 26.6. The molecule has 5 atom stereocenters. The Labute approximate surface area is 205 Å². The third kappa shape index (κ3) is 12.9. The maximum Gasteiger partial charge on any atom is 0.326 e. The van der Waals surface area contributed by atoms with Crippen molar-refractivity contribution in [1.82, 2.24) is 16.0 Å². The fraction of sp³-hybridized carbons (Fsp3) is 0.762. The first-order valence-electron chi connectivity index (χ1n) is 11.6. The van der Waals surface area contributed by atoms with Crippen molar-refractivity contribution in [2.45, 2.75) is 83.1 Å². The van der Waals surface area contributed by atoms with Gasteiger partial charge in [0.1, 0.15) is 24.2 Å². The Morgan fingerprint density at radius 3 is 1.91 bits per heavy atom. The van der Waals surface area contributed by atoms with Crippen molar-refractivity contribution in [3.8, 4) is 0 Å². The third-order valence-corrected chi connectivity index (χ3v) is 5.21. The normalized spacial score (nSPS) is 15.3. The summed E-state index contributed by atoms with van der Waals surface area (Å²) in [4.78, 5) is 53.5. The first-order chi connectivity index (χ1) is 16.3. The first kappa shape index (κ1) is 32.0. The lowest BCUT2D eigenvalue weighted by Crippen LogP contribution is -2.59. The maximum absolute atomic E-state index is 13.0. The van der Waals surface area contributed by atoms with E-state index in [2.05, 4.69) is 20.9 Å². The summed E-state index contributed by atoms with van der Waals surface area (Å²) in [6.45, 7) is 5.32. The van der Waals surface area contributed by atoms with Gasteiger partial charge in [-0.25, -0.2) is 4.79 Å². The van der Waals surface area contributed by atoms with Gasteiger partial charge in [-0.15, -0.1) is 0 Å². The molecule has 0 aliphatic heterocycles. The van der Waals surface area contributed by atoms with Gasteiger partial charge in [0.05, 0.1) is 6.10 Å². The number of nitrogens with zero attached hydrogens (tertiary/aromatic N) is 1. The zero-order valence-electron chi connectivity index (χ0n) is 20.7. The molecule has 0 fully saturated rings. The van der Waals surface area contributed by atoms with Crippen LogP contribution in [0.5, 0.6) is 0 Å². The Morgan fingerprint density at radius 2 is 1.43 bits per heavy atom. The number of rotatable bonds is 17. The minimum Gasteiger partial charge on any atom is -0.480 e. The van der Waals surface area contributed by atoms with Crippen LogP contribution in [0.25, 0.3) is 0 Å². The molecule has 0 spiro atoms. The summed E-state index contributed by atoms with van der Waals surface area (Å²) < 4.78 is 0. The summed E-state index contributed by atoms with van der Waals surface area (Å²) in [6, 6.07) is -4.54. The zero-order chi connectivity index (χ0) is 27.1. The van der Waals surface area contributed by atoms with Gasteiger partial charge in [-0.3, -0.25) is 19.4 Å². The predicted octanol–water partition coefficient (Wildman–Crippen LogP) is -2.93. The van der Waals surface area contributed by atoms with E-state index in [1.165, 1.54) is 6.92 Å². The summed E-state index contributed by atoms with van der Waals surface area (Å²) in [5.74, 6) is -3.77. The summed E-state index contributed by atoms with van der Waals surface area (Å²) >= 11 is 0. The molecule has 0 aliphatic carbocycles. The monoisotopic (exact) mass is 502 g/mol. The highest BCUT2D eigenvalue weighted by Gasteiger charge is 2.32. The molecule has 0 aliphatic rings. The quantitative estimate of drug-likeness (QED) is 0.0555. The van der Waals surface area contributed by atoms with Gasteiger partial charge < -0.3 is 49.1 Å². The van der Waals surface area contributed by atoms with Crippen molar-refractivity contribution in [2.75, 3.05) is 13.1 Å². The van der Waals surface area contributed by atoms with Crippen LogP contribution in [0.4, 0.5) is 0 Å². The van der Waals surface area contributed by atoms with E-state index in [0.717, 1.165) is 0 Å². The molecule has 0 radical (unpaired) electrons. The van der Waals surface area contributed by atoms with E-state index in [9.17, 15) is 29.4 Å². The SMILES string of the molecule is CC(C)C(NC(=O)C(N)C(C)O)C(=O)NC(CCCCN)C(=O)NC(CCCN=C(N)N)C(=O)O. The number of carboxylic acids is 1. The topological polar surface area (TPSA) is 261 Å². The number of hydrogen-bond donors (Lipinski definition) is 9. The summed E-state index contributed by atoms with van der Waals surface area (Å²) in [7, 11) is 0. The van der Waals surface area contributed by atoms with Crippen molar-refractivity contribution in [3.05, 3.63) is 0 Å². The van der Waals surface area contributed by atoms with E-state index in [1.807, 2.05) is 0 Å². The number of guanidine groups is 1. The van der Waals surface area contributed by atoms with Crippen molar-refractivity contribution in [1.29, 1.82) is 0 Å². The van der Waals surface area contributed by atoms with Gasteiger partial charge in [0.15, 0.2) is 5.96 Å². The molecule has 13 N–H and O–H groups in total. The number of carboxylic acid groups (broad SMARTS) is 1. The van der Waals surface area contributed by atoms with E-state index >= 15 is 0 Å². The molecule has 14 heteroatoms. The first-order valence-corrected chi connectivity index (χ1v) is 11.6. The second-order valence-corrected chi connectivity index (χ2v) is 8.69. The molecule has 0 rings (SSSR count). The van der Waals surface area contributed by atoms with Crippen LogP contribution in [-0.2, 0) is 19.2 Å². The number of aliphatic imine (C=N–C) groups is 1. The highest BCUT2D eigenvalue weighted by atomic mass is 16.4. The molecule has 35 heavy (non-hydrogen) atoms. The Hall–Kier alpha value is -2.97. The average molecular weight is 503 g/mol. The number of aliphatic carboxylic acids is 1. The Balaban J connectivity index is 5.42. The highest BCUT2D eigenvalue weighted by molar-refractivity contribution is 5.94. The molecule has 3 amide bonds. The van der Waals surface area contributed by atoms with Gasteiger partial charge in [0, 0.05) is 6.54 Å². The molecular formula is C21H42N8O6. The van der Waals surface area contributed by atoms with Crippen LogP contribution in [0.2, 0.25) is 0 Å². The molecule has 0 aromatic rings. The second kappa shape index (κ2) is 16.6. The number of carbonyl (C=O) groups is 4. The second-order valence-electron chi connectivity index (χ2n) is 8.69. The fourth-order valence-corrected chi connectivity index (χ4v) is 3.06. The lowest BCUT2D eigenvalue weighted by atomic mass is 10.0. The van der Waals surface area contributed by atoms with Gasteiger partial charge >= 0.3 is 5.97 Å². The fourth-order valence-electron chi connectivity index (χ4n) is 3.06. The molecule has 14 nitrogen and oxygen atoms in total. The van der Waals surface area contributed by atoms with Crippen LogP contribution in [0.3, 0.4) is 0 Å². The Bertz CT molecular complexity index is 727. The van der Waals surface area contributed by atoms with Gasteiger partial charge in [0.2, 0.25) is 17.7 Å². The average Bonchev–Trinajstić information content (AvgIpc) is 2.77. The minimum atomic E-state index is -1.24. The molecule has 5 unspecified atom stereocenters. The van der Waals surface area contributed by atoms with E-state index in [-0.39, 0.29) is 31.3 Å². The van der Waals surface area contributed by atoms with Gasteiger partial charge in [-0.1, -0.05) is 13.8 Å². The summed E-state index contributed by atoms with van der Waals surface area (Å²) in [5.41, 5.74) is 21.7. The van der Waals surface area contributed by atoms with Crippen molar-refractivity contribution in [3.63, 3.8) is 0 Å². The summed E-state index contributed by atoms with van der Waals surface area (Å²) in [6.07, 6.45) is 0.562. The molecule has 0 aromatic heterocycles. The maximum atomic E-state index is 13.0. The molecule has 0 heterocycles. The number of carbonyl (C=O) groups excluding carboxylic acids is 3. The van der Waals surface area contributed by atoms with Gasteiger partial charge in [-0.2, -0.15) is 0 Å². The van der Waals surface area contributed by atoms with Crippen LogP contribution >= 0.6 is 0 Å². The third-order valence-electron chi connectivity index (χ3n) is 5.21. The van der Waals surface area contributed by atoms with Crippen LogP contribution in [-0.4, -0.2) is 83.2 Å². The number of amides is 3. The number of hydrogen-bond acceptors (Lipinski definition) is 8. The lowest BCUT2D eigenvalue weighted by molar-refractivity contribution is -0.142. The van der Waals surface area contributed by atoms with E-state index in [1.54, 1.807) is 13.8 Å². The Morgan fingerprint density at radius 1 is 0.857 bits per heavy atom. The molecule has 0 saturated heterocycles. The van der Waals surface area contributed by atoms with Crippen molar-refractivity contribution >= 4 is 29.7 Å². The molecule has 0 aromatic carbocycles.